The molecule has 15 nitrogen and oxygen atoms in total. The topological polar surface area (TPSA) is 142 Å². The number of hydrogen-bond donors (Lipinski definition) is 0. The summed E-state index contributed by atoms with van der Waals surface area (Å²) in [7, 11) is 0. The number of ether oxygens (including phenoxy) is 3. The minimum atomic E-state index is -0.172. The van der Waals surface area contributed by atoms with Gasteiger partial charge >= 0.3 is 0 Å². The lowest BCUT2D eigenvalue weighted by Gasteiger charge is -2.25. The average Bonchev–Trinajstić information content (AvgIpc) is 4.37. The van der Waals surface area contributed by atoms with E-state index in [4.69, 9.17) is 19.3 Å². The molecule has 2 atom stereocenters. The Labute approximate surface area is 429 Å². The fourth-order valence-electron chi connectivity index (χ4n) is 9.82. The Morgan fingerprint density at radius 1 is 0.507 bits per heavy atom. The van der Waals surface area contributed by atoms with E-state index in [2.05, 4.69) is 37.9 Å². The molecule has 3 aliphatic heterocycles. The highest BCUT2D eigenvalue weighted by Crippen LogP contribution is 2.35. The number of carbonyl (C=O) groups excluding carboxylic acids is 3. The summed E-state index contributed by atoms with van der Waals surface area (Å²) in [4.78, 5) is 44.8. The van der Waals surface area contributed by atoms with Crippen LogP contribution in [0.3, 0.4) is 0 Å². The van der Waals surface area contributed by atoms with Crippen molar-refractivity contribution < 1.29 is 28.6 Å². The van der Waals surface area contributed by atoms with Gasteiger partial charge in [-0.25, -0.2) is 0 Å². The zero-order valence-corrected chi connectivity index (χ0v) is 43.0. The van der Waals surface area contributed by atoms with Gasteiger partial charge in [0.15, 0.2) is 0 Å². The number of nitrogens with zero attached hydrogens (tertiary/aromatic N) is 9. The molecular formula is C58H71N9O6. The van der Waals surface area contributed by atoms with Crippen LogP contribution in [-0.4, -0.2) is 101 Å². The maximum absolute atomic E-state index is 13.0. The number of benzene rings is 3. The molecule has 3 aliphatic carbocycles. The van der Waals surface area contributed by atoms with E-state index >= 15 is 0 Å². The summed E-state index contributed by atoms with van der Waals surface area (Å²) in [6.45, 7) is 15.7. The summed E-state index contributed by atoms with van der Waals surface area (Å²) in [6.07, 6.45) is 9.40. The molecule has 2 unspecified atom stereocenters. The Kier molecular flexibility index (Phi) is 15.0. The summed E-state index contributed by atoms with van der Waals surface area (Å²) in [6, 6.07) is 35.0. The fourth-order valence-corrected chi connectivity index (χ4v) is 9.82. The molecule has 0 radical (unpaired) electrons. The predicted molar refractivity (Wildman–Crippen MR) is 277 cm³/mol. The predicted octanol–water partition coefficient (Wildman–Crippen LogP) is 9.70. The van der Waals surface area contributed by atoms with Gasteiger partial charge in [0.2, 0.25) is 0 Å². The van der Waals surface area contributed by atoms with Gasteiger partial charge in [-0.2, -0.15) is 15.3 Å². The molecule has 73 heavy (non-hydrogen) atoms. The first-order chi connectivity index (χ1) is 35.4. The molecule has 0 saturated heterocycles. The third-order valence-corrected chi connectivity index (χ3v) is 14.6. The van der Waals surface area contributed by atoms with Crippen LogP contribution < -0.4 is 14.2 Å². The zero-order valence-electron chi connectivity index (χ0n) is 43.0. The standard InChI is InChI=1S/C20H25N3O2.2C19H23N3O2/c1-20(2)10-11-22(13-15-8-9-15)19(24)18-12-16(21-23(18)20)14-25-17-6-4-3-5-7-17;1-14-10-21(12-15-7-8-15)19(23)18-9-16(20-22(18)11-14)13-24-17-5-3-2-4-6-17;1-14-9-10-21(12-15-7-8-15)19(23)18-11-16(20-22(14)18)13-24-17-5-3-2-4-6-17/h3-7,12,15H,8-11,13-14H2,1-2H3;2-6,9,14-15H,7-8,10-13H2,1H3;2-6,11,14-15H,7-10,12-13H2,1H3. The van der Waals surface area contributed by atoms with E-state index in [-0.39, 0.29) is 29.3 Å². The summed E-state index contributed by atoms with van der Waals surface area (Å²) in [5, 5.41) is 13.9. The normalized spacial score (nSPS) is 20.2. The summed E-state index contributed by atoms with van der Waals surface area (Å²) in [5.74, 6) is 5.30. The van der Waals surface area contributed by atoms with Gasteiger partial charge in [0, 0.05) is 45.8 Å². The van der Waals surface area contributed by atoms with Crippen LogP contribution in [0, 0.1) is 23.7 Å². The van der Waals surface area contributed by atoms with E-state index in [1.807, 2.05) is 138 Å². The second-order valence-corrected chi connectivity index (χ2v) is 21.8. The number of amides is 3. The van der Waals surface area contributed by atoms with Crippen LogP contribution in [0.5, 0.6) is 17.2 Å². The first-order valence-electron chi connectivity index (χ1n) is 26.6. The lowest BCUT2D eigenvalue weighted by atomic mass is 10.0. The lowest BCUT2D eigenvalue weighted by molar-refractivity contribution is 0.0730. The van der Waals surface area contributed by atoms with E-state index in [1.54, 1.807) is 0 Å². The van der Waals surface area contributed by atoms with Gasteiger partial charge in [0.25, 0.3) is 17.7 Å². The monoisotopic (exact) mass is 990 g/mol. The number of rotatable bonds is 15. The quantitative estimate of drug-likeness (QED) is 0.0983. The summed E-state index contributed by atoms with van der Waals surface area (Å²) >= 11 is 0. The zero-order chi connectivity index (χ0) is 50.5. The van der Waals surface area contributed by atoms with Crippen molar-refractivity contribution in [2.45, 2.75) is 117 Å². The molecule has 6 heterocycles. The molecule has 3 saturated carbocycles. The van der Waals surface area contributed by atoms with Gasteiger partial charge in [-0.1, -0.05) is 61.5 Å². The fraction of sp³-hybridized carbons (Fsp3) is 0.483. The molecule has 15 heteroatoms. The van der Waals surface area contributed by atoms with Crippen molar-refractivity contribution in [2.75, 3.05) is 39.3 Å². The van der Waals surface area contributed by atoms with E-state index in [0.29, 0.717) is 60.6 Å². The van der Waals surface area contributed by atoms with Crippen LogP contribution >= 0.6 is 0 Å². The number of para-hydroxylation sites is 3. The minimum Gasteiger partial charge on any atom is -0.487 e. The lowest BCUT2D eigenvalue weighted by Crippen LogP contribution is -2.34. The number of aromatic nitrogens is 6. The highest BCUT2D eigenvalue weighted by Gasteiger charge is 2.37. The van der Waals surface area contributed by atoms with E-state index in [1.165, 1.54) is 38.5 Å². The Bertz CT molecular complexity index is 2810. The van der Waals surface area contributed by atoms with Crippen LogP contribution in [0.15, 0.2) is 109 Å². The molecule has 384 valence electrons. The molecule has 0 bridgehead atoms. The van der Waals surface area contributed by atoms with Crippen LogP contribution in [0.4, 0.5) is 0 Å². The Morgan fingerprint density at radius 2 is 0.945 bits per heavy atom. The highest BCUT2D eigenvalue weighted by molar-refractivity contribution is 5.94. The SMILES string of the molecule is CC1(C)CCN(CC2CC2)C(=O)c2cc(COc3ccccc3)nn21.CC1CCN(CC2CC2)C(=O)c2cc(COc3ccccc3)nn21.CC1CN(CC2CC2)C(=O)c2cc(COc3ccccc3)nn2C1. The Morgan fingerprint density at radius 3 is 1.48 bits per heavy atom. The molecule has 3 aromatic heterocycles. The molecular weight excluding hydrogens is 919 g/mol. The Balaban J connectivity index is 0.000000126. The van der Waals surface area contributed by atoms with Gasteiger partial charge in [0.05, 0.1) is 11.6 Å². The van der Waals surface area contributed by atoms with Gasteiger partial charge in [-0.05, 0) is 150 Å². The van der Waals surface area contributed by atoms with Gasteiger partial charge < -0.3 is 28.9 Å². The number of fused-ring (bicyclic) bond motifs is 3. The van der Waals surface area contributed by atoms with E-state index in [0.717, 1.165) is 93.0 Å². The molecule has 0 spiro atoms. The number of hydrogen-bond acceptors (Lipinski definition) is 9. The Hall–Kier alpha value is -6.90. The molecule has 12 rings (SSSR count). The van der Waals surface area contributed by atoms with Crippen LogP contribution in [0.1, 0.15) is 134 Å². The largest absolute Gasteiger partial charge is 0.487 e. The van der Waals surface area contributed by atoms with Crippen molar-refractivity contribution in [3.8, 4) is 17.2 Å². The molecule has 0 N–H and O–H groups in total. The van der Waals surface area contributed by atoms with Gasteiger partial charge in [-0.15, -0.1) is 0 Å². The highest BCUT2D eigenvalue weighted by atomic mass is 16.5. The van der Waals surface area contributed by atoms with Gasteiger partial charge in [-0.3, -0.25) is 28.4 Å². The smallest absolute Gasteiger partial charge is 0.272 e. The first-order valence-corrected chi connectivity index (χ1v) is 26.6. The molecule has 6 aromatic rings. The molecule has 3 fully saturated rings. The first kappa shape index (κ1) is 49.7. The van der Waals surface area contributed by atoms with Crippen molar-refractivity contribution in [1.82, 2.24) is 44.0 Å². The molecule has 3 amide bonds. The number of carbonyl (C=O) groups is 3. The van der Waals surface area contributed by atoms with Crippen LogP contribution in [0.25, 0.3) is 0 Å². The van der Waals surface area contributed by atoms with Crippen molar-refractivity contribution >= 4 is 17.7 Å². The second kappa shape index (κ2) is 22.1. The summed E-state index contributed by atoms with van der Waals surface area (Å²) < 4.78 is 23.0. The van der Waals surface area contributed by atoms with Crippen molar-refractivity contribution in [2.24, 2.45) is 23.7 Å². The van der Waals surface area contributed by atoms with Crippen LogP contribution in [0.2, 0.25) is 0 Å². The van der Waals surface area contributed by atoms with E-state index in [9.17, 15) is 14.4 Å². The average molecular weight is 990 g/mol. The second-order valence-electron chi connectivity index (χ2n) is 21.8. The maximum atomic E-state index is 13.0. The maximum Gasteiger partial charge on any atom is 0.272 e. The molecule has 6 aliphatic rings. The third-order valence-electron chi connectivity index (χ3n) is 14.6. The van der Waals surface area contributed by atoms with Gasteiger partial charge in [0.1, 0.15) is 71.2 Å². The van der Waals surface area contributed by atoms with Crippen molar-refractivity contribution in [3.05, 3.63) is 143 Å². The third kappa shape index (κ3) is 12.8. The summed E-state index contributed by atoms with van der Waals surface area (Å²) in [5.41, 5.74) is 4.33. The van der Waals surface area contributed by atoms with E-state index < -0.39 is 0 Å². The van der Waals surface area contributed by atoms with Crippen molar-refractivity contribution in [3.63, 3.8) is 0 Å². The van der Waals surface area contributed by atoms with Crippen molar-refractivity contribution in [1.29, 1.82) is 0 Å². The minimum absolute atomic E-state index is 0.107. The van der Waals surface area contributed by atoms with Crippen LogP contribution in [-0.2, 0) is 31.9 Å². The molecule has 3 aromatic carbocycles.